The smallest absolute Gasteiger partial charge is 0.394 e. The van der Waals surface area contributed by atoms with E-state index >= 15 is 0 Å². The Kier molecular flexibility index (Phi) is 4.32. The van der Waals surface area contributed by atoms with Crippen LogP contribution < -0.4 is 17.2 Å². The van der Waals surface area contributed by atoms with E-state index in [2.05, 4.69) is 10.2 Å². The predicted octanol–water partition coefficient (Wildman–Crippen LogP) is 0.170. The van der Waals surface area contributed by atoms with Crippen LogP contribution in [-0.2, 0) is 10.4 Å². The van der Waals surface area contributed by atoms with E-state index in [1.54, 1.807) is 12.1 Å². The van der Waals surface area contributed by atoms with Gasteiger partial charge in [0.2, 0.25) is 0 Å². The molecule has 0 aliphatic rings. The second-order valence-corrected chi connectivity index (χ2v) is 4.37. The summed E-state index contributed by atoms with van der Waals surface area (Å²) in [6.07, 6.45) is 0. The molecule has 1 heterocycles. The zero-order valence-electron chi connectivity index (χ0n) is 9.61. The average molecular weight is 287 g/mol. The highest BCUT2D eigenvalue weighted by Crippen LogP contribution is 2.27. The maximum absolute atomic E-state index is 8.74. The van der Waals surface area contributed by atoms with Gasteiger partial charge in [-0.05, 0) is 12.1 Å². The standard InChI is InChI=1S/C9H11N5.H2O4S/c10-6-3-1-5(2-4-6)8-7(11)9(12)14-13-8;1-5(2,3)4/h1-4H,10-11H2,(H3,12,13,14);(H2,1,2,3,4). The van der Waals surface area contributed by atoms with Crippen molar-refractivity contribution in [3.05, 3.63) is 24.3 Å². The van der Waals surface area contributed by atoms with E-state index in [0.29, 0.717) is 22.9 Å². The summed E-state index contributed by atoms with van der Waals surface area (Å²) in [5.41, 5.74) is 19.5. The molecule has 0 saturated carbocycles. The molecule has 9 N–H and O–H groups in total. The van der Waals surface area contributed by atoms with Gasteiger partial charge in [0, 0.05) is 11.3 Å². The van der Waals surface area contributed by atoms with E-state index < -0.39 is 10.4 Å². The molecule has 0 saturated heterocycles. The minimum Gasteiger partial charge on any atom is -0.399 e. The summed E-state index contributed by atoms with van der Waals surface area (Å²) in [5, 5.41) is 6.62. The Morgan fingerprint density at radius 3 is 1.89 bits per heavy atom. The fourth-order valence-corrected chi connectivity index (χ4v) is 1.23. The van der Waals surface area contributed by atoms with Gasteiger partial charge in [-0.15, -0.1) is 0 Å². The van der Waals surface area contributed by atoms with Crippen LogP contribution in [0.1, 0.15) is 0 Å². The van der Waals surface area contributed by atoms with Crippen LogP contribution in [0, 0.1) is 0 Å². The maximum atomic E-state index is 8.74. The van der Waals surface area contributed by atoms with Gasteiger partial charge < -0.3 is 17.2 Å². The summed E-state index contributed by atoms with van der Waals surface area (Å²) in [4.78, 5) is 0. The largest absolute Gasteiger partial charge is 0.399 e. The third kappa shape index (κ3) is 4.83. The Labute approximate surface area is 109 Å². The molecule has 19 heavy (non-hydrogen) atoms. The van der Waals surface area contributed by atoms with Crippen LogP contribution in [0.4, 0.5) is 17.2 Å². The molecule has 0 aliphatic carbocycles. The first-order chi connectivity index (χ1) is 8.68. The SMILES string of the molecule is Nc1ccc(-c2n[nH]c(N)c2N)cc1.O=S(=O)(O)O. The first-order valence-corrected chi connectivity index (χ1v) is 6.23. The second kappa shape index (κ2) is 5.56. The molecule has 104 valence electrons. The summed E-state index contributed by atoms with van der Waals surface area (Å²) < 4.78 is 31.6. The van der Waals surface area contributed by atoms with Crippen molar-refractivity contribution < 1.29 is 17.5 Å². The molecule has 1 aromatic heterocycles. The first-order valence-electron chi connectivity index (χ1n) is 4.83. The van der Waals surface area contributed by atoms with E-state index in [0.717, 1.165) is 5.56 Å². The van der Waals surface area contributed by atoms with E-state index in [-0.39, 0.29) is 0 Å². The van der Waals surface area contributed by atoms with Gasteiger partial charge in [-0.3, -0.25) is 14.2 Å². The van der Waals surface area contributed by atoms with Gasteiger partial charge in [0.15, 0.2) is 0 Å². The quantitative estimate of drug-likeness (QED) is 0.317. The molecule has 9 nitrogen and oxygen atoms in total. The van der Waals surface area contributed by atoms with Crippen molar-refractivity contribution in [1.82, 2.24) is 10.2 Å². The van der Waals surface area contributed by atoms with Gasteiger partial charge in [-0.25, -0.2) is 0 Å². The maximum Gasteiger partial charge on any atom is 0.394 e. The predicted molar refractivity (Wildman–Crippen MR) is 71.4 cm³/mol. The molecular weight excluding hydrogens is 274 g/mol. The van der Waals surface area contributed by atoms with E-state index in [9.17, 15) is 0 Å². The highest BCUT2D eigenvalue weighted by atomic mass is 32.3. The van der Waals surface area contributed by atoms with Gasteiger partial charge in [-0.1, -0.05) is 12.1 Å². The number of nitrogens with one attached hydrogen (secondary N) is 1. The summed E-state index contributed by atoms with van der Waals surface area (Å²) >= 11 is 0. The lowest BCUT2D eigenvalue weighted by Gasteiger charge is -1.98. The summed E-state index contributed by atoms with van der Waals surface area (Å²) in [5.74, 6) is 0.386. The lowest BCUT2D eigenvalue weighted by molar-refractivity contribution is 0.381. The highest BCUT2D eigenvalue weighted by Gasteiger charge is 2.08. The molecular formula is C9H13N5O4S. The number of aromatic amines is 1. The average Bonchev–Trinajstić information content (AvgIpc) is 2.59. The summed E-state index contributed by atoms with van der Waals surface area (Å²) in [6, 6.07) is 7.28. The minimum atomic E-state index is -4.67. The number of hydrogen-bond donors (Lipinski definition) is 6. The molecule has 2 rings (SSSR count). The molecule has 10 heteroatoms. The number of nitrogens with zero attached hydrogens (tertiary/aromatic N) is 1. The van der Waals surface area contributed by atoms with Crippen molar-refractivity contribution in [2.75, 3.05) is 17.2 Å². The van der Waals surface area contributed by atoms with Crippen LogP contribution in [0.25, 0.3) is 11.3 Å². The van der Waals surface area contributed by atoms with E-state index in [1.807, 2.05) is 12.1 Å². The van der Waals surface area contributed by atoms with Crippen molar-refractivity contribution in [2.24, 2.45) is 0 Å². The highest BCUT2D eigenvalue weighted by molar-refractivity contribution is 7.79. The zero-order chi connectivity index (χ0) is 14.6. The third-order valence-electron chi connectivity index (χ3n) is 2.02. The van der Waals surface area contributed by atoms with E-state index in [4.69, 9.17) is 34.7 Å². The Hall–Kier alpha value is -2.30. The van der Waals surface area contributed by atoms with Crippen molar-refractivity contribution in [3.8, 4) is 11.3 Å². The van der Waals surface area contributed by atoms with Crippen LogP contribution in [0.2, 0.25) is 0 Å². The number of anilines is 3. The number of nitrogen functional groups attached to an aromatic ring is 3. The topological polar surface area (TPSA) is 181 Å². The van der Waals surface area contributed by atoms with Crippen molar-refractivity contribution >= 4 is 27.6 Å². The normalized spacial score (nSPS) is 10.6. The number of nitrogens with two attached hydrogens (primary N) is 3. The lowest BCUT2D eigenvalue weighted by Crippen LogP contribution is -1.92. The molecule has 0 bridgehead atoms. The van der Waals surface area contributed by atoms with Crippen LogP contribution in [0.5, 0.6) is 0 Å². The Balaban J connectivity index is 0.000000312. The molecule has 0 aliphatic heterocycles. The van der Waals surface area contributed by atoms with E-state index in [1.165, 1.54) is 0 Å². The van der Waals surface area contributed by atoms with Crippen LogP contribution in [0.3, 0.4) is 0 Å². The fraction of sp³-hybridized carbons (Fsp3) is 0. The Bertz CT molecular complexity index is 642. The van der Waals surface area contributed by atoms with Gasteiger partial charge in [-0.2, -0.15) is 13.5 Å². The molecule has 0 atom stereocenters. The lowest BCUT2D eigenvalue weighted by atomic mass is 10.1. The minimum absolute atomic E-state index is 0.386. The van der Waals surface area contributed by atoms with Crippen LogP contribution >= 0.6 is 0 Å². The number of H-pyrrole nitrogens is 1. The number of aromatic nitrogens is 2. The van der Waals surface area contributed by atoms with Crippen LogP contribution in [0.15, 0.2) is 24.3 Å². The summed E-state index contributed by atoms with van der Waals surface area (Å²) in [6.45, 7) is 0. The van der Waals surface area contributed by atoms with Gasteiger partial charge in [0.05, 0.1) is 0 Å². The molecule has 0 radical (unpaired) electrons. The molecule has 0 spiro atoms. The molecule has 0 amide bonds. The van der Waals surface area contributed by atoms with Crippen molar-refractivity contribution in [1.29, 1.82) is 0 Å². The van der Waals surface area contributed by atoms with Gasteiger partial charge in [0.25, 0.3) is 0 Å². The number of hydrogen-bond acceptors (Lipinski definition) is 6. The zero-order valence-corrected chi connectivity index (χ0v) is 10.4. The Morgan fingerprint density at radius 2 is 1.53 bits per heavy atom. The van der Waals surface area contributed by atoms with Crippen molar-refractivity contribution in [2.45, 2.75) is 0 Å². The molecule has 1 aromatic carbocycles. The molecule has 0 fully saturated rings. The number of benzene rings is 1. The number of rotatable bonds is 1. The molecule has 2 aromatic rings. The van der Waals surface area contributed by atoms with Crippen molar-refractivity contribution in [3.63, 3.8) is 0 Å². The fourth-order valence-electron chi connectivity index (χ4n) is 1.23. The third-order valence-corrected chi connectivity index (χ3v) is 2.02. The summed E-state index contributed by atoms with van der Waals surface area (Å²) in [7, 11) is -4.67. The van der Waals surface area contributed by atoms with Gasteiger partial charge >= 0.3 is 10.4 Å². The second-order valence-electron chi connectivity index (χ2n) is 3.47. The first kappa shape index (κ1) is 14.8. The van der Waals surface area contributed by atoms with Gasteiger partial charge in [0.1, 0.15) is 17.2 Å². The Morgan fingerprint density at radius 1 is 1.05 bits per heavy atom. The monoisotopic (exact) mass is 287 g/mol. The molecule has 0 unspecified atom stereocenters. The van der Waals surface area contributed by atoms with Crippen LogP contribution in [-0.4, -0.2) is 27.7 Å².